The second kappa shape index (κ2) is 4.88. The summed E-state index contributed by atoms with van der Waals surface area (Å²) in [4.78, 5) is 23.0. The van der Waals surface area contributed by atoms with Gasteiger partial charge in [-0.1, -0.05) is 26.0 Å². The van der Waals surface area contributed by atoms with E-state index < -0.39 is 5.97 Å². The molecule has 0 atom stereocenters. The summed E-state index contributed by atoms with van der Waals surface area (Å²) in [5.41, 5.74) is 2.30. The van der Waals surface area contributed by atoms with E-state index in [1.54, 1.807) is 6.07 Å². The number of rotatable bonds is 3. The van der Waals surface area contributed by atoms with Gasteiger partial charge in [-0.15, -0.1) is 0 Å². The molecule has 0 radical (unpaired) electrons. The second-order valence-corrected chi connectivity index (χ2v) is 5.03. The smallest absolute Gasteiger partial charge is 0.309 e. The quantitative estimate of drug-likeness (QED) is 0.920. The Bertz CT molecular complexity index is 698. The van der Waals surface area contributed by atoms with Crippen LogP contribution >= 0.6 is 0 Å². The van der Waals surface area contributed by atoms with Gasteiger partial charge >= 0.3 is 5.97 Å². The van der Waals surface area contributed by atoms with E-state index in [1.807, 2.05) is 23.7 Å². The van der Waals surface area contributed by atoms with Gasteiger partial charge in [0.25, 0.3) is 0 Å². The molecule has 0 saturated heterocycles. The molecule has 1 N–H and O–H groups in total. The standard InChI is InChI=1S/C15H17NO3/c1-9(2)11-5-4-6-12-13(17)7-10(8-14(18)19)16(3)15(11)12/h4-7,9H,8H2,1-3H3,(H,18,19). The zero-order chi connectivity index (χ0) is 14.2. The van der Waals surface area contributed by atoms with Gasteiger partial charge in [-0.2, -0.15) is 0 Å². The van der Waals surface area contributed by atoms with Crippen molar-refractivity contribution < 1.29 is 9.90 Å². The van der Waals surface area contributed by atoms with Crippen LogP contribution in [-0.4, -0.2) is 15.6 Å². The number of aliphatic carboxylic acids is 1. The second-order valence-electron chi connectivity index (χ2n) is 5.03. The molecule has 0 fully saturated rings. The number of fused-ring (bicyclic) bond motifs is 1. The Kier molecular flexibility index (Phi) is 3.42. The van der Waals surface area contributed by atoms with Crippen molar-refractivity contribution >= 4 is 16.9 Å². The third-order valence-electron chi connectivity index (χ3n) is 3.35. The van der Waals surface area contributed by atoms with Crippen LogP contribution in [0.5, 0.6) is 0 Å². The van der Waals surface area contributed by atoms with Crippen molar-refractivity contribution in [3.05, 3.63) is 45.7 Å². The topological polar surface area (TPSA) is 59.3 Å². The van der Waals surface area contributed by atoms with Crippen molar-refractivity contribution in [1.82, 2.24) is 4.57 Å². The Balaban J connectivity index is 2.85. The summed E-state index contributed by atoms with van der Waals surface area (Å²) in [5.74, 6) is -0.661. The van der Waals surface area contributed by atoms with Crippen LogP contribution in [0, 0.1) is 0 Å². The Morgan fingerprint density at radius 2 is 2.05 bits per heavy atom. The molecule has 4 nitrogen and oxygen atoms in total. The number of nitrogens with zero attached hydrogens (tertiary/aromatic N) is 1. The number of carboxylic acids is 1. The van der Waals surface area contributed by atoms with E-state index in [-0.39, 0.29) is 17.8 Å². The Hall–Kier alpha value is -2.10. The zero-order valence-corrected chi connectivity index (χ0v) is 11.3. The van der Waals surface area contributed by atoms with Crippen LogP contribution < -0.4 is 5.43 Å². The summed E-state index contributed by atoms with van der Waals surface area (Å²) >= 11 is 0. The van der Waals surface area contributed by atoms with Crippen LogP contribution in [-0.2, 0) is 18.3 Å². The highest BCUT2D eigenvalue weighted by molar-refractivity contribution is 5.83. The number of aromatic nitrogens is 1. The first-order valence-corrected chi connectivity index (χ1v) is 6.25. The number of aryl methyl sites for hydroxylation is 1. The minimum atomic E-state index is -0.934. The summed E-state index contributed by atoms with van der Waals surface area (Å²) in [6, 6.07) is 7.06. The van der Waals surface area contributed by atoms with Crippen molar-refractivity contribution in [1.29, 1.82) is 0 Å². The van der Waals surface area contributed by atoms with Crippen molar-refractivity contribution in [2.24, 2.45) is 7.05 Å². The van der Waals surface area contributed by atoms with E-state index in [0.717, 1.165) is 11.1 Å². The van der Waals surface area contributed by atoms with Crippen LogP contribution in [0.15, 0.2) is 29.1 Å². The van der Waals surface area contributed by atoms with Crippen molar-refractivity contribution in [3.63, 3.8) is 0 Å². The fourth-order valence-corrected chi connectivity index (χ4v) is 2.39. The fourth-order valence-electron chi connectivity index (χ4n) is 2.39. The van der Waals surface area contributed by atoms with Crippen molar-refractivity contribution in [3.8, 4) is 0 Å². The van der Waals surface area contributed by atoms with Crippen LogP contribution in [0.25, 0.3) is 10.9 Å². The minimum Gasteiger partial charge on any atom is -0.481 e. The first-order valence-electron chi connectivity index (χ1n) is 6.25. The van der Waals surface area contributed by atoms with Gasteiger partial charge in [0.1, 0.15) is 0 Å². The molecule has 4 heteroatoms. The van der Waals surface area contributed by atoms with E-state index >= 15 is 0 Å². The molecule has 1 aromatic carbocycles. The van der Waals surface area contributed by atoms with Gasteiger partial charge < -0.3 is 9.67 Å². The molecule has 0 unspecified atom stereocenters. The molecule has 2 aromatic rings. The van der Waals surface area contributed by atoms with E-state index in [1.165, 1.54) is 6.07 Å². The molecule has 0 amide bonds. The van der Waals surface area contributed by atoms with E-state index in [4.69, 9.17) is 5.11 Å². The zero-order valence-electron chi connectivity index (χ0n) is 11.3. The SMILES string of the molecule is CC(C)c1cccc2c(=O)cc(CC(=O)O)n(C)c12. The lowest BCUT2D eigenvalue weighted by Crippen LogP contribution is -2.16. The predicted molar refractivity (Wildman–Crippen MR) is 74.6 cm³/mol. The number of para-hydroxylation sites is 1. The Labute approximate surface area is 111 Å². The molecule has 0 spiro atoms. The molecule has 0 aliphatic carbocycles. The average molecular weight is 259 g/mol. The molecular formula is C15H17NO3. The number of pyridine rings is 1. The van der Waals surface area contributed by atoms with Crippen molar-refractivity contribution in [2.45, 2.75) is 26.2 Å². The minimum absolute atomic E-state index is 0.119. The maximum Gasteiger partial charge on any atom is 0.309 e. The van der Waals surface area contributed by atoms with E-state index in [9.17, 15) is 9.59 Å². The molecule has 0 aliphatic heterocycles. The molecule has 0 saturated carbocycles. The third kappa shape index (κ3) is 2.38. The lowest BCUT2D eigenvalue weighted by atomic mass is 9.98. The normalized spacial score (nSPS) is 11.2. The monoisotopic (exact) mass is 259 g/mol. The molecule has 100 valence electrons. The highest BCUT2D eigenvalue weighted by atomic mass is 16.4. The fraction of sp³-hybridized carbons (Fsp3) is 0.333. The molecule has 0 bridgehead atoms. The summed E-state index contributed by atoms with van der Waals surface area (Å²) in [7, 11) is 1.81. The predicted octanol–water partition coefficient (Wildman–Crippen LogP) is 2.29. The van der Waals surface area contributed by atoms with Gasteiger partial charge in [0.05, 0.1) is 11.9 Å². The summed E-state index contributed by atoms with van der Waals surface area (Å²) in [5, 5.41) is 9.56. The molecule has 0 aliphatic rings. The Morgan fingerprint density at radius 1 is 1.37 bits per heavy atom. The van der Waals surface area contributed by atoms with Crippen LogP contribution in [0.2, 0.25) is 0 Å². The van der Waals surface area contributed by atoms with Crippen molar-refractivity contribution in [2.75, 3.05) is 0 Å². The highest BCUT2D eigenvalue weighted by Gasteiger charge is 2.13. The molecule has 2 rings (SSSR count). The maximum absolute atomic E-state index is 12.1. The van der Waals surface area contributed by atoms with Gasteiger partial charge in [0, 0.05) is 24.2 Å². The average Bonchev–Trinajstić information content (AvgIpc) is 2.34. The molecule has 1 heterocycles. The summed E-state index contributed by atoms with van der Waals surface area (Å²) in [6.45, 7) is 4.12. The van der Waals surface area contributed by atoms with E-state index in [2.05, 4.69) is 13.8 Å². The molecule has 1 aromatic heterocycles. The number of hydrogen-bond acceptors (Lipinski definition) is 2. The summed E-state index contributed by atoms with van der Waals surface area (Å²) < 4.78 is 1.82. The van der Waals surface area contributed by atoms with Gasteiger partial charge in [-0.3, -0.25) is 9.59 Å². The number of carboxylic acid groups (broad SMARTS) is 1. The van der Waals surface area contributed by atoms with Gasteiger partial charge in [-0.25, -0.2) is 0 Å². The number of carbonyl (C=O) groups is 1. The number of hydrogen-bond donors (Lipinski definition) is 1. The molecular weight excluding hydrogens is 242 g/mol. The van der Waals surface area contributed by atoms with E-state index in [0.29, 0.717) is 11.1 Å². The number of benzene rings is 1. The maximum atomic E-state index is 12.1. The van der Waals surface area contributed by atoms with Gasteiger partial charge in [0.2, 0.25) is 0 Å². The lowest BCUT2D eigenvalue weighted by Gasteiger charge is -2.16. The Morgan fingerprint density at radius 3 is 2.63 bits per heavy atom. The van der Waals surface area contributed by atoms with Gasteiger partial charge in [0.15, 0.2) is 5.43 Å². The summed E-state index contributed by atoms with van der Waals surface area (Å²) in [6.07, 6.45) is -0.145. The van der Waals surface area contributed by atoms with Crippen LogP contribution in [0.1, 0.15) is 31.0 Å². The lowest BCUT2D eigenvalue weighted by molar-refractivity contribution is -0.136. The van der Waals surface area contributed by atoms with Gasteiger partial charge in [-0.05, 0) is 17.5 Å². The first-order chi connectivity index (χ1) is 8.91. The largest absolute Gasteiger partial charge is 0.481 e. The van der Waals surface area contributed by atoms with Crippen LogP contribution in [0.3, 0.4) is 0 Å². The third-order valence-corrected chi connectivity index (χ3v) is 3.35. The first kappa shape index (κ1) is 13.3. The van der Waals surface area contributed by atoms with Crippen LogP contribution in [0.4, 0.5) is 0 Å². The highest BCUT2D eigenvalue weighted by Crippen LogP contribution is 2.24. The molecule has 19 heavy (non-hydrogen) atoms.